The number of likely N-dealkylation sites (tertiary alicyclic amines) is 1. The molecule has 0 bridgehead atoms. The van der Waals surface area contributed by atoms with Crippen LogP contribution in [0.3, 0.4) is 0 Å². The molecular formula is C16H32N4O. The molecule has 2 rings (SSSR count). The first-order valence-corrected chi connectivity index (χ1v) is 8.69. The van der Waals surface area contributed by atoms with E-state index in [4.69, 9.17) is 0 Å². The summed E-state index contributed by atoms with van der Waals surface area (Å²) in [6.07, 6.45) is 6.24. The standard InChI is InChI=1S/C16H32N4O/c1-15-6-2-3-11-20(15)12-5-8-18-16(21)14-19-10-4-7-17-9-13-19/h15,17H,2-14H2,1H3,(H,18,21). The third-order valence-corrected chi connectivity index (χ3v) is 4.68. The lowest BCUT2D eigenvalue weighted by Gasteiger charge is -2.33. The van der Waals surface area contributed by atoms with Crippen LogP contribution in [-0.4, -0.2) is 74.1 Å². The van der Waals surface area contributed by atoms with Crippen molar-refractivity contribution < 1.29 is 4.79 Å². The Morgan fingerprint density at radius 3 is 2.95 bits per heavy atom. The van der Waals surface area contributed by atoms with Gasteiger partial charge in [-0.2, -0.15) is 0 Å². The van der Waals surface area contributed by atoms with Crippen LogP contribution in [0.4, 0.5) is 0 Å². The lowest BCUT2D eigenvalue weighted by molar-refractivity contribution is -0.122. The van der Waals surface area contributed by atoms with Crippen LogP contribution in [0.25, 0.3) is 0 Å². The molecule has 21 heavy (non-hydrogen) atoms. The second-order valence-electron chi connectivity index (χ2n) is 6.46. The predicted molar refractivity (Wildman–Crippen MR) is 86.4 cm³/mol. The van der Waals surface area contributed by atoms with Crippen LogP contribution in [-0.2, 0) is 4.79 Å². The minimum absolute atomic E-state index is 0.184. The SMILES string of the molecule is CC1CCCCN1CCCNC(=O)CN1CCCNCC1. The quantitative estimate of drug-likeness (QED) is 0.707. The number of rotatable bonds is 6. The first-order valence-electron chi connectivity index (χ1n) is 8.69. The number of piperidine rings is 1. The summed E-state index contributed by atoms with van der Waals surface area (Å²) >= 11 is 0. The van der Waals surface area contributed by atoms with E-state index in [0.29, 0.717) is 6.54 Å². The average molecular weight is 296 g/mol. The molecule has 2 saturated heterocycles. The average Bonchev–Trinajstić information content (AvgIpc) is 2.74. The fourth-order valence-electron chi connectivity index (χ4n) is 3.32. The molecule has 0 aliphatic carbocycles. The summed E-state index contributed by atoms with van der Waals surface area (Å²) in [5, 5.41) is 6.44. The Bertz CT molecular complexity index is 303. The van der Waals surface area contributed by atoms with Gasteiger partial charge in [-0.25, -0.2) is 0 Å². The van der Waals surface area contributed by atoms with Gasteiger partial charge < -0.3 is 15.5 Å². The first kappa shape index (κ1) is 16.7. The Morgan fingerprint density at radius 1 is 1.19 bits per heavy atom. The van der Waals surface area contributed by atoms with Gasteiger partial charge in [0.1, 0.15) is 0 Å². The molecular weight excluding hydrogens is 264 g/mol. The van der Waals surface area contributed by atoms with Crippen molar-refractivity contribution in [3.8, 4) is 0 Å². The highest BCUT2D eigenvalue weighted by atomic mass is 16.2. The van der Waals surface area contributed by atoms with Gasteiger partial charge >= 0.3 is 0 Å². The van der Waals surface area contributed by atoms with E-state index in [1.807, 2.05) is 0 Å². The molecule has 0 aromatic carbocycles. The third-order valence-electron chi connectivity index (χ3n) is 4.68. The Hall–Kier alpha value is -0.650. The van der Waals surface area contributed by atoms with E-state index in [1.165, 1.54) is 25.8 Å². The topological polar surface area (TPSA) is 47.6 Å². The Kier molecular flexibility index (Phi) is 7.47. The number of amides is 1. The van der Waals surface area contributed by atoms with Crippen LogP contribution in [0.15, 0.2) is 0 Å². The summed E-state index contributed by atoms with van der Waals surface area (Å²) in [5.41, 5.74) is 0. The lowest BCUT2D eigenvalue weighted by atomic mass is 10.0. The molecule has 5 nitrogen and oxygen atoms in total. The van der Waals surface area contributed by atoms with E-state index in [-0.39, 0.29) is 5.91 Å². The summed E-state index contributed by atoms with van der Waals surface area (Å²) in [4.78, 5) is 16.8. The van der Waals surface area contributed by atoms with Crippen LogP contribution in [0, 0.1) is 0 Å². The molecule has 0 spiro atoms. The van der Waals surface area contributed by atoms with Crippen molar-refractivity contribution in [1.82, 2.24) is 20.4 Å². The van der Waals surface area contributed by atoms with E-state index in [9.17, 15) is 4.79 Å². The highest BCUT2D eigenvalue weighted by Gasteiger charge is 2.17. The summed E-state index contributed by atoms with van der Waals surface area (Å²) in [7, 11) is 0. The second-order valence-corrected chi connectivity index (χ2v) is 6.46. The molecule has 0 aromatic rings. The summed E-state index contributed by atoms with van der Waals surface area (Å²) in [6, 6.07) is 0.721. The van der Waals surface area contributed by atoms with Gasteiger partial charge in [-0.3, -0.25) is 9.69 Å². The maximum atomic E-state index is 12.0. The van der Waals surface area contributed by atoms with Crippen molar-refractivity contribution >= 4 is 5.91 Å². The Labute approximate surface area is 129 Å². The van der Waals surface area contributed by atoms with E-state index in [2.05, 4.69) is 27.4 Å². The Balaban J connectivity index is 1.54. The molecule has 2 fully saturated rings. The van der Waals surface area contributed by atoms with Gasteiger partial charge in [0.25, 0.3) is 0 Å². The lowest BCUT2D eigenvalue weighted by Crippen LogP contribution is -2.41. The fourth-order valence-corrected chi connectivity index (χ4v) is 3.32. The van der Waals surface area contributed by atoms with Gasteiger partial charge in [0.15, 0.2) is 0 Å². The van der Waals surface area contributed by atoms with Gasteiger partial charge in [0.05, 0.1) is 6.54 Å². The molecule has 2 aliphatic rings. The highest BCUT2D eigenvalue weighted by Crippen LogP contribution is 2.15. The van der Waals surface area contributed by atoms with Crippen molar-refractivity contribution in [1.29, 1.82) is 0 Å². The molecule has 1 atom stereocenters. The largest absolute Gasteiger partial charge is 0.355 e. The molecule has 0 aromatic heterocycles. The van der Waals surface area contributed by atoms with Crippen LogP contribution < -0.4 is 10.6 Å². The number of nitrogens with one attached hydrogen (secondary N) is 2. The molecule has 122 valence electrons. The van der Waals surface area contributed by atoms with Gasteiger partial charge in [-0.05, 0) is 52.2 Å². The number of nitrogens with zero attached hydrogens (tertiary/aromatic N) is 2. The van der Waals surface area contributed by atoms with Crippen LogP contribution >= 0.6 is 0 Å². The van der Waals surface area contributed by atoms with Crippen molar-refractivity contribution in [2.24, 2.45) is 0 Å². The van der Waals surface area contributed by atoms with E-state index in [1.54, 1.807) is 0 Å². The minimum atomic E-state index is 0.184. The number of carbonyl (C=O) groups excluding carboxylic acids is 1. The molecule has 1 amide bonds. The predicted octanol–water partition coefficient (Wildman–Crippen LogP) is 0.662. The number of carbonyl (C=O) groups is 1. The molecule has 5 heteroatoms. The zero-order valence-corrected chi connectivity index (χ0v) is 13.6. The monoisotopic (exact) mass is 296 g/mol. The molecule has 2 N–H and O–H groups in total. The third kappa shape index (κ3) is 6.32. The summed E-state index contributed by atoms with van der Waals surface area (Å²) in [5.74, 6) is 0.184. The normalized spacial score (nSPS) is 25.5. The van der Waals surface area contributed by atoms with Gasteiger partial charge in [0.2, 0.25) is 5.91 Å². The molecule has 0 radical (unpaired) electrons. The first-order chi connectivity index (χ1) is 10.3. The van der Waals surface area contributed by atoms with E-state index >= 15 is 0 Å². The van der Waals surface area contributed by atoms with Crippen molar-refractivity contribution in [2.45, 2.75) is 45.1 Å². The van der Waals surface area contributed by atoms with Crippen molar-refractivity contribution in [3.05, 3.63) is 0 Å². The zero-order valence-electron chi connectivity index (χ0n) is 13.6. The van der Waals surface area contributed by atoms with Crippen LogP contribution in [0.2, 0.25) is 0 Å². The fraction of sp³-hybridized carbons (Fsp3) is 0.938. The van der Waals surface area contributed by atoms with E-state index < -0.39 is 0 Å². The minimum Gasteiger partial charge on any atom is -0.355 e. The Morgan fingerprint density at radius 2 is 2.10 bits per heavy atom. The summed E-state index contributed by atoms with van der Waals surface area (Å²) < 4.78 is 0. The van der Waals surface area contributed by atoms with Crippen molar-refractivity contribution in [3.63, 3.8) is 0 Å². The number of hydrogen-bond donors (Lipinski definition) is 2. The van der Waals surface area contributed by atoms with Gasteiger partial charge in [-0.1, -0.05) is 6.42 Å². The zero-order chi connectivity index (χ0) is 14.9. The van der Waals surface area contributed by atoms with Gasteiger partial charge in [-0.15, -0.1) is 0 Å². The summed E-state index contributed by atoms with van der Waals surface area (Å²) in [6.45, 7) is 10.1. The molecule has 2 aliphatic heterocycles. The molecule has 0 saturated carbocycles. The highest BCUT2D eigenvalue weighted by molar-refractivity contribution is 5.77. The van der Waals surface area contributed by atoms with Crippen LogP contribution in [0.5, 0.6) is 0 Å². The molecule has 2 heterocycles. The maximum Gasteiger partial charge on any atom is 0.234 e. The van der Waals surface area contributed by atoms with E-state index in [0.717, 1.165) is 58.2 Å². The smallest absolute Gasteiger partial charge is 0.234 e. The van der Waals surface area contributed by atoms with Crippen molar-refractivity contribution in [2.75, 3.05) is 52.4 Å². The number of hydrogen-bond acceptors (Lipinski definition) is 4. The molecule has 1 unspecified atom stereocenters. The van der Waals surface area contributed by atoms with Crippen LogP contribution in [0.1, 0.15) is 39.0 Å². The van der Waals surface area contributed by atoms with Gasteiger partial charge in [0, 0.05) is 32.2 Å². The maximum absolute atomic E-state index is 12.0. The second kappa shape index (κ2) is 9.38.